The molecule has 0 saturated heterocycles. The number of nitrogens with one attached hydrogen (secondary N) is 1. The van der Waals surface area contributed by atoms with Crippen LogP contribution in [-0.4, -0.2) is 43.3 Å². The Bertz CT molecular complexity index is 258. The summed E-state index contributed by atoms with van der Waals surface area (Å²) in [7, 11) is 1.30. The van der Waals surface area contributed by atoms with Crippen LogP contribution in [0.4, 0.5) is 0 Å². The number of amides is 1. The number of carboxylic acid groups (broad SMARTS) is 1. The molecule has 4 N–H and O–H groups in total. The summed E-state index contributed by atoms with van der Waals surface area (Å²) in [5.74, 6) is -0.764. The van der Waals surface area contributed by atoms with Gasteiger partial charge in [-0.25, -0.2) is 4.79 Å². The van der Waals surface area contributed by atoms with Crippen molar-refractivity contribution in [1.82, 2.24) is 5.32 Å². The highest BCUT2D eigenvalue weighted by atomic mass is 16.5. The second-order valence-electron chi connectivity index (χ2n) is 4.26. The van der Waals surface area contributed by atoms with Gasteiger partial charge in [0.1, 0.15) is 0 Å². The lowest BCUT2D eigenvalue weighted by molar-refractivity contribution is -0.148. The fourth-order valence-corrected chi connectivity index (χ4v) is 1.69. The smallest absolute Gasteiger partial charge is 0.334 e. The van der Waals surface area contributed by atoms with Crippen molar-refractivity contribution in [1.29, 1.82) is 0 Å². The Kier molecular flexibility index (Phi) is 9.22. The molecule has 0 heterocycles. The molecule has 6 nitrogen and oxygen atoms in total. The molecule has 0 radical (unpaired) electrons. The van der Waals surface area contributed by atoms with Crippen molar-refractivity contribution in [2.45, 2.75) is 38.7 Å². The number of methoxy groups -OCH3 is 1. The number of carbonyl (C=O) groups is 2. The van der Waals surface area contributed by atoms with Crippen LogP contribution in [0.15, 0.2) is 0 Å². The Hall–Kier alpha value is -1.14. The van der Waals surface area contributed by atoms with Gasteiger partial charge in [-0.15, -0.1) is 0 Å². The normalized spacial score (nSPS) is 13.9. The standard InChI is InChI=1S/C12H24N2O4/c1-3-9(6-7-13)4-5-11(15)14-8-10(18-2)12(16)17/h9-10H,3-8,13H2,1-2H3,(H,14,15)(H,16,17). The quantitative estimate of drug-likeness (QED) is 0.526. The average molecular weight is 260 g/mol. The van der Waals surface area contributed by atoms with Gasteiger partial charge in [-0.05, 0) is 25.3 Å². The van der Waals surface area contributed by atoms with Crippen LogP contribution in [0.1, 0.15) is 32.6 Å². The molecule has 2 unspecified atom stereocenters. The van der Waals surface area contributed by atoms with Gasteiger partial charge in [0.05, 0.1) is 6.54 Å². The van der Waals surface area contributed by atoms with E-state index >= 15 is 0 Å². The third kappa shape index (κ3) is 7.24. The summed E-state index contributed by atoms with van der Waals surface area (Å²) in [6.07, 6.45) is 2.11. The van der Waals surface area contributed by atoms with Gasteiger partial charge in [0.25, 0.3) is 0 Å². The zero-order valence-corrected chi connectivity index (χ0v) is 11.1. The summed E-state index contributed by atoms with van der Waals surface area (Å²) < 4.78 is 4.72. The minimum atomic E-state index is -1.08. The lowest BCUT2D eigenvalue weighted by Gasteiger charge is -2.14. The van der Waals surface area contributed by atoms with Crippen LogP contribution in [0.2, 0.25) is 0 Å². The number of nitrogens with two attached hydrogens (primary N) is 1. The fraction of sp³-hybridized carbons (Fsp3) is 0.833. The number of rotatable bonds is 10. The van der Waals surface area contributed by atoms with Crippen LogP contribution in [0.3, 0.4) is 0 Å². The van der Waals surface area contributed by atoms with Crippen molar-refractivity contribution in [3.63, 3.8) is 0 Å². The van der Waals surface area contributed by atoms with Crippen LogP contribution in [-0.2, 0) is 14.3 Å². The minimum Gasteiger partial charge on any atom is -0.479 e. The van der Waals surface area contributed by atoms with E-state index in [4.69, 9.17) is 15.6 Å². The SMILES string of the molecule is CCC(CCN)CCC(=O)NCC(OC)C(=O)O. The molecule has 106 valence electrons. The molecule has 0 aromatic carbocycles. The molecule has 0 fully saturated rings. The third-order valence-corrected chi connectivity index (χ3v) is 2.98. The number of carboxylic acids is 1. The van der Waals surface area contributed by atoms with E-state index in [-0.39, 0.29) is 12.5 Å². The maximum Gasteiger partial charge on any atom is 0.334 e. The molecule has 0 aromatic rings. The Morgan fingerprint density at radius 2 is 2.06 bits per heavy atom. The molecular formula is C12H24N2O4. The molecule has 0 aliphatic rings. The second-order valence-corrected chi connectivity index (χ2v) is 4.26. The molecule has 0 rings (SSSR count). The lowest BCUT2D eigenvalue weighted by Crippen LogP contribution is -2.37. The number of ether oxygens (including phenoxy) is 1. The van der Waals surface area contributed by atoms with Crippen molar-refractivity contribution in [2.24, 2.45) is 11.7 Å². The molecule has 0 aliphatic carbocycles. The van der Waals surface area contributed by atoms with Crippen molar-refractivity contribution in [2.75, 3.05) is 20.2 Å². The maximum absolute atomic E-state index is 11.5. The molecule has 1 amide bonds. The van der Waals surface area contributed by atoms with E-state index < -0.39 is 12.1 Å². The van der Waals surface area contributed by atoms with Gasteiger partial charge in [-0.3, -0.25) is 4.79 Å². The molecule has 0 spiro atoms. The molecule has 0 saturated carbocycles. The third-order valence-electron chi connectivity index (χ3n) is 2.98. The van der Waals surface area contributed by atoms with E-state index in [0.717, 1.165) is 19.3 Å². The number of hydrogen-bond acceptors (Lipinski definition) is 4. The molecule has 0 aromatic heterocycles. The average Bonchev–Trinajstić information content (AvgIpc) is 2.34. The Labute approximate surface area is 108 Å². The first-order valence-electron chi connectivity index (χ1n) is 6.27. The summed E-state index contributed by atoms with van der Waals surface area (Å²) in [4.78, 5) is 22.2. The largest absolute Gasteiger partial charge is 0.479 e. The molecule has 0 bridgehead atoms. The lowest BCUT2D eigenvalue weighted by atomic mass is 9.96. The number of hydrogen-bond donors (Lipinski definition) is 3. The van der Waals surface area contributed by atoms with Crippen molar-refractivity contribution in [3.8, 4) is 0 Å². The summed E-state index contributed by atoms with van der Waals surface area (Å²) in [6, 6.07) is 0. The zero-order valence-electron chi connectivity index (χ0n) is 11.1. The predicted molar refractivity (Wildman–Crippen MR) is 68.1 cm³/mol. The van der Waals surface area contributed by atoms with Gasteiger partial charge in [-0.1, -0.05) is 13.3 Å². The highest BCUT2D eigenvalue weighted by Gasteiger charge is 2.17. The van der Waals surface area contributed by atoms with Gasteiger partial charge in [0, 0.05) is 13.5 Å². The minimum absolute atomic E-state index is 0.00164. The fourth-order valence-electron chi connectivity index (χ4n) is 1.69. The van der Waals surface area contributed by atoms with E-state index in [2.05, 4.69) is 12.2 Å². The Morgan fingerprint density at radius 3 is 2.50 bits per heavy atom. The van der Waals surface area contributed by atoms with E-state index in [1.165, 1.54) is 7.11 Å². The summed E-state index contributed by atoms with van der Waals surface area (Å²) in [6.45, 7) is 2.70. The second kappa shape index (κ2) is 9.85. The molecule has 18 heavy (non-hydrogen) atoms. The predicted octanol–water partition coefficient (Wildman–Crippen LogP) is 0.357. The Morgan fingerprint density at radius 1 is 1.39 bits per heavy atom. The summed E-state index contributed by atoms with van der Waals surface area (Å²) in [5, 5.41) is 11.3. The monoisotopic (exact) mass is 260 g/mol. The van der Waals surface area contributed by atoms with Gasteiger partial charge in [0.15, 0.2) is 6.10 Å². The zero-order chi connectivity index (χ0) is 14.0. The topological polar surface area (TPSA) is 102 Å². The van der Waals surface area contributed by atoms with Crippen LogP contribution in [0.5, 0.6) is 0 Å². The number of carbonyl (C=O) groups excluding carboxylic acids is 1. The van der Waals surface area contributed by atoms with Gasteiger partial charge in [0.2, 0.25) is 5.91 Å². The summed E-state index contributed by atoms with van der Waals surface area (Å²) in [5.41, 5.74) is 5.48. The van der Waals surface area contributed by atoms with Crippen molar-refractivity contribution in [3.05, 3.63) is 0 Å². The first kappa shape index (κ1) is 16.9. The van der Waals surface area contributed by atoms with Crippen LogP contribution in [0.25, 0.3) is 0 Å². The van der Waals surface area contributed by atoms with Crippen LogP contribution in [0, 0.1) is 5.92 Å². The van der Waals surface area contributed by atoms with E-state index in [9.17, 15) is 9.59 Å². The molecule has 6 heteroatoms. The van der Waals surface area contributed by atoms with Crippen LogP contribution >= 0.6 is 0 Å². The van der Waals surface area contributed by atoms with E-state index in [0.29, 0.717) is 18.9 Å². The first-order valence-corrected chi connectivity index (χ1v) is 6.27. The van der Waals surface area contributed by atoms with Gasteiger partial charge >= 0.3 is 5.97 Å². The van der Waals surface area contributed by atoms with Crippen LogP contribution < -0.4 is 11.1 Å². The van der Waals surface area contributed by atoms with Crippen molar-refractivity contribution >= 4 is 11.9 Å². The number of aliphatic carboxylic acids is 1. The summed E-state index contributed by atoms with van der Waals surface area (Å²) >= 11 is 0. The highest BCUT2D eigenvalue weighted by molar-refractivity contribution is 5.78. The molecular weight excluding hydrogens is 236 g/mol. The molecule has 2 atom stereocenters. The van der Waals surface area contributed by atoms with E-state index in [1.54, 1.807) is 0 Å². The van der Waals surface area contributed by atoms with Crippen molar-refractivity contribution < 1.29 is 19.4 Å². The van der Waals surface area contributed by atoms with Gasteiger partial charge < -0.3 is 20.9 Å². The highest BCUT2D eigenvalue weighted by Crippen LogP contribution is 2.14. The molecule has 0 aliphatic heterocycles. The van der Waals surface area contributed by atoms with Gasteiger partial charge in [-0.2, -0.15) is 0 Å². The first-order chi connectivity index (χ1) is 8.54. The maximum atomic E-state index is 11.5. The Balaban J connectivity index is 3.86. The van der Waals surface area contributed by atoms with E-state index in [1.807, 2.05) is 0 Å².